The summed E-state index contributed by atoms with van der Waals surface area (Å²) in [4.78, 5) is 2.13. The number of benzene rings is 1. The highest BCUT2D eigenvalue weighted by Gasteiger charge is 2.26. The number of aryl methyl sites for hydroxylation is 1. The monoisotopic (exact) mass is 401 g/mol. The van der Waals surface area contributed by atoms with E-state index >= 15 is 0 Å². The van der Waals surface area contributed by atoms with Crippen molar-refractivity contribution in [2.24, 2.45) is 7.05 Å². The van der Waals surface area contributed by atoms with E-state index in [1.165, 1.54) is 6.07 Å². The van der Waals surface area contributed by atoms with E-state index in [1.807, 2.05) is 29.9 Å². The van der Waals surface area contributed by atoms with Gasteiger partial charge in [0.05, 0.1) is 29.2 Å². The molecule has 0 bridgehead atoms. The van der Waals surface area contributed by atoms with E-state index in [4.69, 9.17) is 16.3 Å². The van der Waals surface area contributed by atoms with Crippen LogP contribution in [0.4, 0.5) is 4.39 Å². The molecular weight excluding hydrogens is 381 g/mol. The van der Waals surface area contributed by atoms with E-state index in [0.717, 1.165) is 30.9 Å². The maximum Gasteiger partial charge on any atom is 0.240 e. The lowest BCUT2D eigenvalue weighted by Crippen LogP contribution is -2.44. The van der Waals surface area contributed by atoms with Crippen molar-refractivity contribution in [3.8, 4) is 0 Å². The van der Waals surface area contributed by atoms with Crippen molar-refractivity contribution in [1.82, 2.24) is 14.2 Å². The minimum atomic E-state index is -3.81. The molecular formula is C17H21ClFN3O3S. The van der Waals surface area contributed by atoms with Crippen molar-refractivity contribution in [3.63, 3.8) is 0 Å². The summed E-state index contributed by atoms with van der Waals surface area (Å²) in [6.07, 6.45) is 1.93. The molecule has 0 unspecified atom stereocenters. The fourth-order valence-electron chi connectivity index (χ4n) is 3.05. The molecule has 1 saturated heterocycles. The molecule has 0 radical (unpaired) electrons. The third-order valence-electron chi connectivity index (χ3n) is 4.48. The Morgan fingerprint density at radius 2 is 2.04 bits per heavy atom. The molecule has 2 aromatic rings. The van der Waals surface area contributed by atoms with Gasteiger partial charge in [-0.15, -0.1) is 0 Å². The Hall–Kier alpha value is -1.45. The third-order valence-corrected chi connectivity index (χ3v) is 6.19. The molecule has 142 valence electrons. The van der Waals surface area contributed by atoms with Gasteiger partial charge in [0.15, 0.2) is 0 Å². The van der Waals surface area contributed by atoms with Crippen LogP contribution in [0.15, 0.2) is 41.4 Å². The first kappa shape index (κ1) is 19.3. The number of hydrogen-bond acceptors (Lipinski definition) is 4. The van der Waals surface area contributed by atoms with Crippen LogP contribution in [0, 0.1) is 5.82 Å². The van der Waals surface area contributed by atoms with Crippen LogP contribution >= 0.6 is 11.6 Å². The zero-order valence-corrected chi connectivity index (χ0v) is 15.9. The summed E-state index contributed by atoms with van der Waals surface area (Å²) < 4.78 is 48.5. The van der Waals surface area contributed by atoms with Crippen LogP contribution in [0.3, 0.4) is 0 Å². The van der Waals surface area contributed by atoms with Crippen molar-refractivity contribution in [2.45, 2.75) is 10.9 Å². The van der Waals surface area contributed by atoms with Crippen LogP contribution in [0.25, 0.3) is 0 Å². The smallest absolute Gasteiger partial charge is 0.240 e. The molecule has 0 saturated carbocycles. The predicted molar refractivity (Wildman–Crippen MR) is 97.1 cm³/mol. The molecule has 1 atom stereocenters. The first-order valence-electron chi connectivity index (χ1n) is 8.26. The number of nitrogens with one attached hydrogen (secondary N) is 1. The van der Waals surface area contributed by atoms with Crippen LogP contribution in [-0.4, -0.2) is 50.7 Å². The maximum atomic E-state index is 13.3. The Balaban J connectivity index is 1.80. The van der Waals surface area contributed by atoms with Crippen molar-refractivity contribution in [3.05, 3.63) is 53.1 Å². The van der Waals surface area contributed by atoms with Gasteiger partial charge in [0.1, 0.15) is 5.82 Å². The van der Waals surface area contributed by atoms with Gasteiger partial charge >= 0.3 is 0 Å². The predicted octanol–water partition coefficient (Wildman–Crippen LogP) is 2.17. The fourth-order valence-corrected chi connectivity index (χ4v) is 4.36. The summed E-state index contributed by atoms with van der Waals surface area (Å²) in [5.74, 6) is -0.652. The second-order valence-corrected chi connectivity index (χ2v) is 8.31. The molecule has 1 aliphatic rings. The quantitative estimate of drug-likeness (QED) is 0.805. The van der Waals surface area contributed by atoms with E-state index in [0.29, 0.717) is 13.2 Å². The van der Waals surface area contributed by atoms with Crippen molar-refractivity contribution >= 4 is 21.6 Å². The van der Waals surface area contributed by atoms with Crippen molar-refractivity contribution < 1.29 is 17.5 Å². The largest absolute Gasteiger partial charge is 0.379 e. The topological polar surface area (TPSA) is 63.6 Å². The first-order valence-corrected chi connectivity index (χ1v) is 10.1. The molecule has 1 fully saturated rings. The highest BCUT2D eigenvalue weighted by molar-refractivity contribution is 7.89. The maximum absolute atomic E-state index is 13.3. The summed E-state index contributed by atoms with van der Waals surface area (Å²) in [5.41, 5.74) is 1.01. The summed E-state index contributed by atoms with van der Waals surface area (Å²) in [7, 11) is -1.88. The number of hydrogen-bond donors (Lipinski definition) is 1. The average Bonchev–Trinajstić information content (AvgIpc) is 3.04. The van der Waals surface area contributed by atoms with E-state index in [-0.39, 0.29) is 22.5 Å². The number of aromatic nitrogens is 1. The van der Waals surface area contributed by atoms with Gasteiger partial charge in [-0.05, 0) is 30.3 Å². The SMILES string of the molecule is Cn1cccc1[C@H](CNS(=O)(=O)c1ccc(F)c(Cl)c1)N1CCOCC1. The summed E-state index contributed by atoms with van der Waals surface area (Å²) >= 11 is 5.71. The van der Waals surface area contributed by atoms with Crippen LogP contribution in [0.5, 0.6) is 0 Å². The summed E-state index contributed by atoms with van der Waals surface area (Å²) in [6, 6.07) is 7.14. The number of morpholine rings is 1. The first-order chi connectivity index (χ1) is 12.4. The number of halogens is 2. The highest BCUT2D eigenvalue weighted by Crippen LogP contribution is 2.23. The standard InChI is InChI=1S/C17H21ClFN3O3S/c1-21-6-2-3-16(21)17(22-7-9-25-10-8-22)12-20-26(23,24)13-4-5-15(19)14(18)11-13/h2-6,11,17,20H,7-10,12H2,1H3/t17-/m0/s1. The van der Waals surface area contributed by atoms with Crippen LogP contribution in [0.1, 0.15) is 11.7 Å². The van der Waals surface area contributed by atoms with E-state index in [2.05, 4.69) is 9.62 Å². The third kappa shape index (κ3) is 4.27. The Bertz CT molecular complexity index is 866. The number of nitrogens with zero attached hydrogens (tertiary/aromatic N) is 2. The summed E-state index contributed by atoms with van der Waals surface area (Å²) in [6.45, 7) is 2.86. The van der Waals surface area contributed by atoms with E-state index in [9.17, 15) is 12.8 Å². The molecule has 0 spiro atoms. The van der Waals surface area contributed by atoms with Gasteiger partial charge in [-0.1, -0.05) is 11.6 Å². The lowest BCUT2D eigenvalue weighted by molar-refractivity contribution is 0.0158. The lowest BCUT2D eigenvalue weighted by atomic mass is 10.1. The van der Waals surface area contributed by atoms with Gasteiger partial charge < -0.3 is 9.30 Å². The second kappa shape index (κ2) is 8.06. The van der Waals surface area contributed by atoms with Gasteiger partial charge in [0.25, 0.3) is 0 Å². The van der Waals surface area contributed by atoms with Gasteiger partial charge in [-0.25, -0.2) is 17.5 Å². The minimum Gasteiger partial charge on any atom is -0.379 e. The van der Waals surface area contributed by atoms with Gasteiger partial charge in [-0.3, -0.25) is 4.90 Å². The lowest BCUT2D eigenvalue weighted by Gasteiger charge is -2.34. The molecule has 1 aliphatic heterocycles. The van der Waals surface area contributed by atoms with Crippen LogP contribution < -0.4 is 4.72 Å². The normalized spacial score (nSPS) is 17.3. The fraction of sp³-hybridized carbons (Fsp3) is 0.412. The van der Waals surface area contributed by atoms with Crippen molar-refractivity contribution in [2.75, 3.05) is 32.8 Å². The van der Waals surface area contributed by atoms with E-state index in [1.54, 1.807) is 0 Å². The molecule has 6 nitrogen and oxygen atoms in total. The van der Waals surface area contributed by atoms with Crippen LogP contribution in [0.2, 0.25) is 5.02 Å². The van der Waals surface area contributed by atoms with E-state index < -0.39 is 15.8 Å². The molecule has 2 heterocycles. The second-order valence-electron chi connectivity index (χ2n) is 6.14. The highest BCUT2D eigenvalue weighted by atomic mass is 35.5. The van der Waals surface area contributed by atoms with Crippen molar-refractivity contribution in [1.29, 1.82) is 0 Å². The molecule has 0 aliphatic carbocycles. The van der Waals surface area contributed by atoms with Crippen LogP contribution in [-0.2, 0) is 21.8 Å². The molecule has 1 N–H and O–H groups in total. The Labute approximate surface area is 157 Å². The molecule has 26 heavy (non-hydrogen) atoms. The number of ether oxygens (including phenoxy) is 1. The molecule has 3 rings (SSSR count). The Kier molecular flexibility index (Phi) is 5.99. The average molecular weight is 402 g/mol. The molecule has 1 aromatic carbocycles. The summed E-state index contributed by atoms with van der Waals surface area (Å²) in [5, 5.41) is -0.222. The van der Waals surface area contributed by atoms with Gasteiger partial charge in [0.2, 0.25) is 10.0 Å². The Morgan fingerprint density at radius 3 is 2.65 bits per heavy atom. The van der Waals surface area contributed by atoms with Gasteiger partial charge in [0, 0.05) is 38.6 Å². The Morgan fingerprint density at radius 1 is 1.31 bits per heavy atom. The molecule has 9 heteroatoms. The minimum absolute atomic E-state index is 0.0588. The molecule has 0 amide bonds. The number of sulfonamides is 1. The molecule has 1 aromatic heterocycles. The zero-order valence-electron chi connectivity index (χ0n) is 14.4. The zero-order chi connectivity index (χ0) is 18.7. The van der Waals surface area contributed by atoms with Gasteiger partial charge in [-0.2, -0.15) is 0 Å². The number of rotatable bonds is 6.